The molecule has 1 aliphatic heterocycles. The molecule has 0 unspecified atom stereocenters. The summed E-state index contributed by atoms with van der Waals surface area (Å²) in [6.07, 6.45) is 0.429. The van der Waals surface area contributed by atoms with Crippen LogP contribution in [0, 0.1) is 12.7 Å². The van der Waals surface area contributed by atoms with Gasteiger partial charge in [-0.05, 0) is 48.9 Å². The third-order valence-electron chi connectivity index (χ3n) is 5.68. The first-order valence-corrected chi connectivity index (χ1v) is 10.7. The Bertz CT molecular complexity index is 1110. The van der Waals surface area contributed by atoms with Gasteiger partial charge in [0.15, 0.2) is 0 Å². The first kappa shape index (κ1) is 21.6. The molecule has 164 valence electrons. The van der Waals surface area contributed by atoms with Crippen LogP contribution in [-0.4, -0.2) is 42.9 Å². The van der Waals surface area contributed by atoms with Crippen molar-refractivity contribution in [2.75, 3.05) is 36.4 Å². The smallest absolute Gasteiger partial charge is 0.258 e. The second-order valence-corrected chi connectivity index (χ2v) is 8.01. The standard InChI is InChI=1S/C26H26FN3O2/c1-19-5-4-6-20(17-19)18-25(31)30-15-13-29(14-16-30)22-11-9-21(10-12-22)28-26(32)23-7-2-3-8-24(23)27/h2-12,17H,13-16,18H2,1H3,(H,28,32). The van der Waals surface area contributed by atoms with E-state index in [0.29, 0.717) is 25.2 Å². The lowest BCUT2D eigenvalue weighted by molar-refractivity contribution is -0.130. The average molecular weight is 432 g/mol. The van der Waals surface area contributed by atoms with E-state index in [1.54, 1.807) is 12.1 Å². The second kappa shape index (κ2) is 9.64. The van der Waals surface area contributed by atoms with Crippen LogP contribution in [0.5, 0.6) is 0 Å². The van der Waals surface area contributed by atoms with Gasteiger partial charge in [-0.1, -0.05) is 42.0 Å². The molecule has 32 heavy (non-hydrogen) atoms. The minimum Gasteiger partial charge on any atom is -0.368 e. The number of amides is 2. The molecule has 0 saturated carbocycles. The highest BCUT2D eigenvalue weighted by Crippen LogP contribution is 2.21. The Morgan fingerprint density at radius 2 is 1.62 bits per heavy atom. The first-order chi connectivity index (χ1) is 15.5. The van der Waals surface area contributed by atoms with Gasteiger partial charge in [-0.3, -0.25) is 9.59 Å². The number of rotatable bonds is 5. The van der Waals surface area contributed by atoms with Crippen molar-refractivity contribution in [3.63, 3.8) is 0 Å². The van der Waals surface area contributed by atoms with E-state index in [1.807, 2.05) is 54.3 Å². The lowest BCUT2D eigenvalue weighted by Crippen LogP contribution is -2.49. The van der Waals surface area contributed by atoms with Crippen molar-refractivity contribution in [3.05, 3.63) is 95.3 Å². The molecule has 4 rings (SSSR count). The van der Waals surface area contributed by atoms with Crippen molar-refractivity contribution in [1.29, 1.82) is 0 Å². The maximum Gasteiger partial charge on any atom is 0.258 e. The average Bonchev–Trinajstić information content (AvgIpc) is 2.80. The van der Waals surface area contributed by atoms with Gasteiger partial charge in [-0.15, -0.1) is 0 Å². The van der Waals surface area contributed by atoms with Gasteiger partial charge in [-0.25, -0.2) is 4.39 Å². The number of aryl methyl sites for hydroxylation is 1. The van der Waals surface area contributed by atoms with Crippen molar-refractivity contribution >= 4 is 23.2 Å². The number of benzene rings is 3. The molecule has 1 N–H and O–H groups in total. The Labute approximate surface area is 187 Å². The van der Waals surface area contributed by atoms with Crippen molar-refractivity contribution in [3.8, 4) is 0 Å². The Kier molecular flexibility index (Phi) is 6.50. The summed E-state index contributed by atoms with van der Waals surface area (Å²) in [6.45, 7) is 4.89. The molecule has 1 aliphatic rings. The van der Waals surface area contributed by atoms with E-state index in [1.165, 1.54) is 12.1 Å². The normalized spacial score (nSPS) is 13.7. The lowest BCUT2D eigenvalue weighted by atomic mass is 10.1. The fourth-order valence-electron chi connectivity index (χ4n) is 3.92. The fraction of sp³-hybridized carbons (Fsp3) is 0.231. The quantitative estimate of drug-likeness (QED) is 0.656. The number of halogens is 1. The second-order valence-electron chi connectivity index (χ2n) is 8.01. The molecule has 6 heteroatoms. The summed E-state index contributed by atoms with van der Waals surface area (Å²) >= 11 is 0. The molecule has 0 aromatic heterocycles. The molecule has 3 aromatic carbocycles. The highest BCUT2D eigenvalue weighted by molar-refractivity contribution is 6.04. The van der Waals surface area contributed by atoms with Crippen LogP contribution in [0.4, 0.5) is 15.8 Å². The number of nitrogens with one attached hydrogen (secondary N) is 1. The van der Waals surface area contributed by atoms with Gasteiger partial charge >= 0.3 is 0 Å². The van der Waals surface area contributed by atoms with Gasteiger partial charge in [-0.2, -0.15) is 0 Å². The van der Waals surface area contributed by atoms with Gasteiger partial charge in [0, 0.05) is 37.6 Å². The molecule has 0 radical (unpaired) electrons. The van der Waals surface area contributed by atoms with Crippen LogP contribution in [0.25, 0.3) is 0 Å². The maximum absolute atomic E-state index is 13.8. The van der Waals surface area contributed by atoms with Crippen LogP contribution in [0.1, 0.15) is 21.5 Å². The molecule has 1 fully saturated rings. The monoisotopic (exact) mass is 431 g/mol. The highest BCUT2D eigenvalue weighted by Gasteiger charge is 2.21. The molecule has 3 aromatic rings. The van der Waals surface area contributed by atoms with E-state index >= 15 is 0 Å². The van der Waals surface area contributed by atoms with Gasteiger partial charge in [0.25, 0.3) is 5.91 Å². The number of piperazine rings is 1. The molecule has 2 amide bonds. The van der Waals surface area contributed by atoms with Crippen molar-refractivity contribution in [1.82, 2.24) is 4.90 Å². The van der Waals surface area contributed by atoms with Crippen LogP contribution in [-0.2, 0) is 11.2 Å². The number of hydrogen-bond donors (Lipinski definition) is 1. The topological polar surface area (TPSA) is 52.7 Å². The van der Waals surface area contributed by atoms with Crippen molar-refractivity contribution in [2.45, 2.75) is 13.3 Å². The van der Waals surface area contributed by atoms with E-state index in [-0.39, 0.29) is 11.5 Å². The summed E-state index contributed by atoms with van der Waals surface area (Å²) in [5, 5.41) is 2.73. The fourth-order valence-corrected chi connectivity index (χ4v) is 3.92. The van der Waals surface area contributed by atoms with Crippen LogP contribution < -0.4 is 10.2 Å². The summed E-state index contributed by atoms with van der Waals surface area (Å²) in [4.78, 5) is 29.1. The maximum atomic E-state index is 13.8. The van der Waals surface area contributed by atoms with E-state index < -0.39 is 11.7 Å². The van der Waals surface area contributed by atoms with E-state index in [0.717, 1.165) is 29.9 Å². The van der Waals surface area contributed by atoms with Gasteiger partial charge in [0.1, 0.15) is 5.82 Å². The molecule has 0 bridgehead atoms. The Morgan fingerprint density at radius 3 is 2.31 bits per heavy atom. The third kappa shape index (κ3) is 5.14. The predicted molar refractivity (Wildman–Crippen MR) is 124 cm³/mol. The minimum atomic E-state index is -0.545. The molecule has 0 aliphatic carbocycles. The molecule has 5 nitrogen and oxygen atoms in total. The summed E-state index contributed by atoms with van der Waals surface area (Å²) in [6, 6.07) is 21.5. The van der Waals surface area contributed by atoms with Gasteiger partial charge in [0.05, 0.1) is 12.0 Å². The first-order valence-electron chi connectivity index (χ1n) is 10.7. The summed E-state index contributed by atoms with van der Waals surface area (Å²) in [5.41, 5.74) is 3.86. The Hall–Kier alpha value is -3.67. The Balaban J connectivity index is 1.30. The summed E-state index contributed by atoms with van der Waals surface area (Å²) in [5.74, 6) is -0.866. The number of carbonyl (C=O) groups is 2. The summed E-state index contributed by atoms with van der Waals surface area (Å²) in [7, 11) is 0. The Morgan fingerprint density at radius 1 is 0.906 bits per heavy atom. The van der Waals surface area contributed by atoms with Gasteiger partial charge in [0.2, 0.25) is 5.91 Å². The van der Waals surface area contributed by atoms with E-state index in [4.69, 9.17) is 0 Å². The molecule has 0 atom stereocenters. The molecular weight excluding hydrogens is 405 g/mol. The number of hydrogen-bond acceptors (Lipinski definition) is 3. The van der Waals surface area contributed by atoms with Gasteiger partial charge < -0.3 is 15.1 Å². The van der Waals surface area contributed by atoms with Crippen LogP contribution >= 0.6 is 0 Å². The van der Waals surface area contributed by atoms with Crippen molar-refractivity contribution < 1.29 is 14.0 Å². The number of nitrogens with zero attached hydrogens (tertiary/aromatic N) is 2. The van der Waals surface area contributed by atoms with Crippen LogP contribution in [0.2, 0.25) is 0 Å². The van der Waals surface area contributed by atoms with Crippen LogP contribution in [0.3, 0.4) is 0 Å². The highest BCUT2D eigenvalue weighted by atomic mass is 19.1. The van der Waals surface area contributed by atoms with Crippen molar-refractivity contribution in [2.24, 2.45) is 0 Å². The van der Waals surface area contributed by atoms with E-state index in [2.05, 4.69) is 16.3 Å². The zero-order valence-corrected chi connectivity index (χ0v) is 18.1. The lowest BCUT2D eigenvalue weighted by Gasteiger charge is -2.36. The molecule has 1 saturated heterocycles. The van der Waals surface area contributed by atoms with E-state index in [9.17, 15) is 14.0 Å². The molecule has 1 heterocycles. The number of carbonyl (C=O) groups excluding carboxylic acids is 2. The largest absolute Gasteiger partial charge is 0.368 e. The zero-order chi connectivity index (χ0) is 22.5. The molecular formula is C26H26FN3O2. The SMILES string of the molecule is Cc1cccc(CC(=O)N2CCN(c3ccc(NC(=O)c4ccccc4F)cc3)CC2)c1. The minimum absolute atomic E-state index is 0.0167. The predicted octanol–water partition coefficient (Wildman–Crippen LogP) is 4.28. The molecule has 0 spiro atoms. The summed E-state index contributed by atoms with van der Waals surface area (Å²) < 4.78 is 13.8. The van der Waals surface area contributed by atoms with Crippen LogP contribution in [0.15, 0.2) is 72.8 Å². The number of anilines is 2. The zero-order valence-electron chi connectivity index (χ0n) is 18.1. The third-order valence-corrected chi connectivity index (χ3v) is 5.68.